The van der Waals surface area contributed by atoms with Crippen molar-refractivity contribution in [1.29, 1.82) is 0 Å². The number of nitrogens with zero attached hydrogens (tertiary/aromatic N) is 2. The summed E-state index contributed by atoms with van der Waals surface area (Å²) in [6.45, 7) is 4.25. The average molecular weight is 357 g/mol. The van der Waals surface area contributed by atoms with Gasteiger partial charge < -0.3 is 16.0 Å². The molecule has 0 spiro atoms. The van der Waals surface area contributed by atoms with E-state index in [1.165, 1.54) is 18.3 Å². The summed E-state index contributed by atoms with van der Waals surface area (Å²) in [6.07, 6.45) is 3.81. The van der Waals surface area contributed by atoms with E-state index in [0.29, 0.717) is 37.6 Å². The summed E-state index contributed by atoms with van der Waals surface area (Å²) in [4.78, 5) is 20.3. The maximum Gasteiger partial charge on any atom is 0.252 e. The van der Waals surface area contributed by atoms with E-state index < -0.39 is 0 Å². The van der Waals surface area contributed by atoms with Crippen molar-refractivity contribution < 1.29 is 9.18 Å². The minimum absolute atomic E-state index is 0.159. The molecule has 0 bridgehead atoms. The van der Waals surface area contributed by atoms with E-state index >= 15 is 0 Å². The molecule has 26 heavy (non-hydrogen) atoms. The van der Waals surface area contributed by atoms with Gasteiger partial charge in [-0.3, -0.25) is 14.8 Å². The highest BCUT2D eigenvalue weighted by molar-refractivity contribution is 5.93. The first-order valence-electron chi connectivity index (χ1n) is 8.64. The standard InChI is InChI=1S/C19H24FN5O/c1-2-22-19(24-10-8-15-5-3-7-17(20)13-15)25-12-11-23-18(26)16-6-4-9-21-14-16/h3-7,9,13-14H,2,8,10-12H2,1H3,(H,23,26)(H2,22,24,25). The monoisotopic (exact) mass is 357 g/mol. The molecule has 0 aliphatic carbocycles. The molecule has 0 aliphatic rings. The van der Waals surface area contributed by atoms with Crippen LogP contribution in [0.4, 0.5) is 4.39 Å². The van der Waals surface area contributed by atoms with Crippen LogP contribution in [0.5, 0.6) is 0 Å². The summed E-state index contributed by atoms with van der Waals surface area (Å²) in [5.74, 6) is 0.272. The predicted molar refractivity (Wildman–Crippen MR) is 101 cm³/mol. The molecule has 1 aromatic heterocycles. The van der Waals surface area contributed by atoms with Crippen LogP contribution in [0.1, 0.15) is 22.8 Å². The van der Waals surface area contributed by atoms with Crippen molar-refractivity contribution in [2.45, 2.75) is 13.3 Å². The predicted octanol–water partition coefficient (Wildman–Crippen LogP) is 1.75. The fraction of sp³-hybridized carbons (Fsp3) is 0.316. The van der Waals surface area contributed by atoms with Gasteiger partial charge in [0.05, 0.1) is 5.56 Å². The number of aliphatic imine (C=N–C) groups is 1. The zero-order valence-electron chi connectivity index (χ0n) is 14.8. The van der Waals surface area contributed by atoms with Gasteiger partial charge in [0.2, 0.25) is 0 Å². The number of pyridine rings is 1. The number of hydrogen-bond acceptors (Lipinski definition) is 3. The molecule has 6 nitrogen and oxygen atoms in total. The van der Waals surface area contributed by atoms with Crippen molar-refractivity contribution in [2.24, 2.45) is 4.99 Å². The maximum atomic E-state index is 13.2. The minimum atomic E-state index is -0.235. The molecule has 0 saturated heterocycles. The zero-order valence-corrected chi connectivity index (χ0v) is 14.8. The van der Waals surface area contributed by atoms with E-state index in [1.54, 1.807) is 24.4 Å². The Morgan fingerprint density at radius 3 is 2.73 bits per heavy atom. The lowest BCUT2D eigenvalue weighted by Crippen LogP contribution is -2.41. The second kappa shape index (κ2) is 10.8. The van der Waals surface area contributed by atoms with E-state index in [4.69, 9.17) is 0 Å². The van der Waals surface area contributed by atoms with Crippen LogP contribution in [-0.4, -0.2) is 43.0 Å². The normalized spacial score (nSPS) is 11.1. The van der Waals surface area contributed by atoms with E-state index in [-0.39, 0.29) is 11.7 Å². The number of amides is 1. The first kappa shape index (κ1) is 19.4. The first-order valence-corrected chi connectivity index (χ1v) is 8.64. The van der Waals surface area contributed by atoms with Crippen molar-refractivity contribution >= 4 is 11.9 Å². The van der Waals surface area contributed by atoms with Gasteiger partial charge in [-0.05, 0) is 43.2 Å². The van der Waals surface area contributed by atoms with Crippen LogP contribution in [0.3, 0.4) is 0 Å². The van der Waals surface area contributed by atoms with E-state index in [9.17, 15) is 9.18 Å². The smallest absolute Gasteiger partial charge is 0.252 e. The molecule has 138 valence electrons. The van der Waals surface area contributed by atoms with Crippen molar-refractivity contribution in [3.05, 3.63) is 65.7 Å². The van der Waals surface area contributed by atoms with Crippen molar-refractivity contribution in [3.8, 4) is 0 Å². The third kappa shape index (κ3) is 6.88. The number of carbonyl (C=O) groups excluding carboxylic acids is 1. The Bertz CT molecular complexity index is 721. The highest BCUT2D eigenvalue weighted by Crippen LogP contribution is 2.04. The molecule has 0 saturated carbocycles. The number of nitrogens with one attached hydrogen (secondary N) is 3. The van der Waals surface area contributed by atoms with Gasteiger partial charge in [-0.25, -0.2) is 4.39 Å². The zero-order chi connectivity index (χ0) is 18.6. The van der Waals surface area contributed by atoms with Crippen LogP contribution in [-0.2, 0) is 6.42 Å². The molecular weight excluding hydrogens is 333 g/mol. The topological polar surface area (TPSA) is 78.4 Å². The van der Waals surface area contributed by atoms with Crippen molar-refractivity contribution in [2.75, 3.05) is 26.2 Å². The summed E-state index contributed by atoms with van der Waals surface area (Å²) < 4.78 is 13.2. The average Bonchev–Trinajstić information content (AvgIpc) is 2.65. The van der Waals surface area contributed by atoms with Gasteiger partial charge in [0.25, 0.3) is 5.91 Å². The summed E-state index contributed by atoms with van der Waals surface area (Å²) in [5.41, 5.74) is 1.44. The molecule has 0 unspecified atom stereocenters. The van der Waals surface area contributed by atoms with Gasteiger partial charge in [0, 0.05) is 38.6 Å². The van der Waals surface area contributed by atoms with E-state index in [0.717, 1.165) is 12.1 Å². The molecule has 2 aromatic rings. The Morgan fingerprint density at radius 1 is 1.15 bits per heavy atom. The molecule has 1 aromatic carbocycles. The lowest BCUT2D eigenvalue weighted by atomic mass is 10.1. The molecular formula is C19H24FN5O. The number of guanidine groups is 1. The summed E-state index contributed by atoms with van der Waals surface area (Å²) in [5, 5.41) is 9.12. The minimum Gasteiger partial charge on any atom is -0.357 e. The quantitative estimate of drug-likeness (QED) is 0.382. The Kier molecular flexibility index (Phi) is 8.05. The lowest BCUT2D eigenvalue weighted by molar-refractivity contribution is 0.0954. The largest absolute Gasteiger partial charge is 0.357 e. The number of hydrogen-bond donors (Lipinski definition) is 3. The molecule has 0 atom stereocenters. The Labute approximate surface area is 152 Å². The Morgan fingerprint density at radius 2 is 2.00 bits per heavy atom. The van der Waals surface area contributed by atoms with E-state index in [2.05, 4.69) is 25.9 Å². The summed E-state index contributed by atoms with van der Waals surface area (Å²) >= 11 is 0. The van der Waals surface area contributed by atoms with Crippen molar-refractivity contribution in [3.63, 3.8) is 0 Å². The van der Waals surface area contributed by atoms with Crippen LogP contribution in [0.2, 0.25) is 0 Å². The van der Waals surface area contributed by atoms with Gasteiger partial charge in [-0.15, -0.1) is 0 Å². The SMILES string of the molecule is CCNC(=NCCc1cccc(F)c1)NCCNC(=O)c1cccnc1. The molecule has 3 N–H and O–H groups in total. The van der Waals surface area contributed by atoms with Gasteiger partial charge in [0.15, 0.2) is 5.96 Å². The lowest BCUT2D eigenvalue weighted by Gasteiger charge is -2.12. The molecule has 1 amide bonds. The fourth-order valence-electron chi connectivity index (χ4n) is 2.29. The Hall–Kier alpha value is -2.96. The number of aromatic nitrogens is 1. The number of carbonyl (C=O) groups is 1. The van der Waals surface area contributed by atoms with Crippen LogP contribution >= 0.6 is 0 Å². The van der Waals surface area contributed by atoms with Gasteiger partial charge >= 0.3 is 0 Å². The van der Waals surface area contributed by atoms with Gasteiger partial charge in [-0.1, -0.05) is 12.1 Å². The second-order valence-corrected chi connectivity index (χ2v) is 5.56. The summed E-state index contributed by atoms with van der Waals surface area (Å²) in [6, 6.07) is 9.97. The van der Waals surface area contributed by atoms with E-state index in [1.807, 2.05) is 13.0 Å². The van der Waals surface area contributed by atoms with Crippen molar-refractivity contribution in [1.82, 2.24) is 20.9 Å². The third-order valence-corrected chi connectivity index (χ3v) is 3.53. The van der Waals surface area contributed by atoms with Crippen LogP contribution in [0, 0.1) is 5.82 Å². The van der Waals surface area contributed by atoms with Crippen LogP contribution in [0.15, 0.2) is 53.8 Å². The molecule has 7 heteroatoms. The first-order chi connectivity index (χ1) is 12.7. The van der Waals surface area contributed by atoms with Gasteiger partial charge in [-0.2, -0.15) is 0 Å². The highest BCUT2D eigenvalue weighted by Gasteiger charge is 2.04. The third-order valence-electron chi connectivity index (χ3n) is 3.53. The number of rotatable bonds is 8. The van der Waals surface area contributed by atoms with Crippen LogP contribution in [0.25, 0.3) is 0 Å². The van der Waals surface area contributed by atoms with Gasteiger partial charge in [0.1, 0.15) is 5.82 Å². The maximum absolute atomic E-state index is 13.2. The number of benzene rings is 1. The molecule has 2 rings (SSSR count). The highest BCUT2D eigenvalue weighted by atomic mass is 19.1. The summed E-state index contributed by atoms with van der Waals surface area (Å²) in [7, 11) is 0. The van der Waals surface area contributed by atoms with Crippen LogP contribution < -0.4 is 16.0 Å². The molecule has 1 heterocycles. The Balaban J connectivity index is 1.74. The molecule has 0 fully saturated rings. The number of halogens is 1. The second-order valence-electron chi connectivity index (χ2n) is 5.56. The molecule has 0 radical (unpaired) electrons. The molecule has 0 aliphatic heterocycles. The fourth-order valence-corrected chi connectivity index (χ4v) is 2.29.